The van der Waals surface area contributed by atoms with Crippen LogP contribution in [0.1, 0.15) is 86.4 Å². The highest BCUT2D eigenvalue weighted by atomic mass is 15.2. The van der Waals surface area contributed by atoms with E-state index in [1.807, 2.05) is 50.6 Å². The zero-order valence-corrected chi connectivity index (χ0v) is 28.3. The second kappa shape index (κ2) is 18.1. The highest BCUT2D eigenvalue weighted by Gasteiger charge is 2.28. The van der Waals surface area contributed by atoms with Gasteiger partial charge in [-0.15, -0.1) is 0 Å². The van der Waals surface area contributed by atoms with Crippen LogP contribution in [0.2, 0.25) is 0 Å². The maximum absolute atomic E-state index is 4.91. The molecule has 0 saturated heterocycles. The van der Waals surface area contributed by atoms with E-state index < -0.39 is 0 Å². The van der Waals surface area contributed by atoms with E-state index in [9.17, 15) is 0 Å². The van der Waals surface area contributed by atoms with Crippen molar-refractivity contribution in [1.29, 1.82) is 0 Å². The number of hydrogen-bond donors (Lipinski definition) is 1. The molecule has 5 rings (SSSR count). The van der Waals surface area contributed by atoms with Crippen LogP contribution in [-0.2, 0) is 19.5 Å². The number of nitrogens with zero attached hydrogens (tertiary/aromatic N) is 6. The van der Waals surface area contributed by atoms with Crippen molar-refractivity contribution in [2.24, 2.45) is 4.99 Å². The SMILES string of the molecule is C=C/C=C(/CN(CCCCN(Cc1nccc2c(C)c(/C=C\C)[nH]c12)C1CCCc2cccnc21)Cc1ccccn1)N=C.CC. The molecule has 0 amide bonds. The zero-order valence-electron chi connectivity index (χ0n) is 28.3. The lowest BCUT2D eigenvalue weighted by Crippen LogP contribution is -2.33. The van der Waals surface area contributed by atoms with E-state index in [2.05, 4.69) is 88.3 Å². The summed E-state index contributed by atoms with van der Waals surface area (Å²) >= 11 is 0. The first-order valence-corrected chi connectivity index (χ1v) is 16.8. The molecular weight excluding hydrogens is 566 g/mol. The van der Waals surface area contributed by atoms with Crippen molar-refractivity contribution in [3.63, 3.8) is 0 Å². The number of rotatable bonds is 15. The molecule has 1 unspecified atom stereocenters. The lowest BCUT2D eigenvalue weighted by atomic mass is 9.90. The number of allylic oxidation sites excluding steroid dienone is 3. The number of aromatic amines is 1. The molecule has 242 valence electrons. The van der Waals surface area contributed by atoms with Gasteiger partial charge in [-0.25, -0.2) is 0 Å². The quantitative estimate of drug-likeness (QED) is 0.0821. The summed E-state index contributed by atoms with van der Waals surface area (Å²) in [6.45, 7) is 20.0. The fourth-order valence-corrected chi connectivity index (χ4v) is 6.37. The van der Waals surface area contributed by atoms with Crippen LogP contribution >= 0.6 is 0 Å². The van der Waals surface area contributed by atoms with Crippen LogP contribution < -0.4 is 0 Å². The summed E-state index contributed by atoms with van der Waals surface area (Å²) in [5.74, 6) is 0. The molecule has 46 heavy (non-hydrogen) atoms. The van der Waals surface area contributed by atoms with E-state index in [-0.39, 0.29) is 6.04 Å². The van der Waals surface area contributed by atoms with E-state index >= 15 is 0 Å². The second-order valence-corrected chi connectivity index (χ2v) is 11.6. The maximum Gasteiger partial charge on any atom is 0.0784 e. The number of nitrogens with one attached hydrogen (secondary N) is 1. The number of fused-ring (bicyclic) bond motifs is 2. The Hall–Kier alpha value is -4.20. The van der Waals surface area contributed by atoms with Crippen molar-refractivity contribution in [3.8, 4) is 0 Å². The molecule has 0 aliphatic heterocycles. The van der Waals surface area contributed by atoms with Gasteiger partial charge in [-0.2, -0.15) is 0 Å². The van der Waals surface area contributed by atoms with Gasteiger partial charge in [-0.05, 0) is 113 Å². The van der Waals surface area contributed by atoms with E-state index in [1.54, 1.807) is 6.08 Å². The standard InChI is InChI=1S/C37H45N7.C2H6/c1-5-13-30(38-4)25-43(26-31-17-7-8-20-39-31)23-9-10-24-44(35-18-11-15-29-16-12-21-41-36(29)35)27-34-37-32(19-22-40-34)28(3)33(42-37)14-6-2;1-2/h5-8,12-14,16-17,19-22,35,42H,1,4,9-11,15,18,23-27H2,2-3H3;1-2H3/b14-6-,30-13-;. The summed E-state index contributed by atoms with van der Waals surface area (Å²) in [5.41, 5.74) is 9.24. The number of aryl methyl sites for hydroxylation is 2. The van der Waals surface area contributed by atoms with Gasteiger partial charge in [0.25, 0.3) is 0 Å². The average Bonchev–Trinajstić information content (AvgIpc) is 3.42. The molecule has 4 aromatic heterocycles. The molecule has 1 N–H and O–H groups in total. The molecule has 4 heterocycles. The lowest BCUT2D eigenvalue weighted by Gasteiger charge is -2.35. The van der Waals surface area contributed by atoms with E-state index in [1.165, 1.54) is 28.6 Å². The Bertz CT molecular complexity index is 1600. The Morgan fingerprint density at radius 3 is 2.61 bits per heavy atom. The molecular formula is C39H51N7. The topological polar surface area (TPSA) is 73.3 Å². The van der Waals surface area contributed by atoms with E-state index in [0.717, 1.165) is 80.2 Å². The predicted octanol–water partition coefficient (Wildman–Crippen LogP) is 8.65. The fourth-order valence-electron chi connectivity index (χ4n) is 6.37. The summed E-state index contributed by atoms with van der Waals surface area (Å²) in [6.07, 6.45) is 19.2. The summed E-state index contributed by atoms with van der Waals surface area (Å²) in [6, 6.07) is 12.8. The molecule has 0 spiro atoms. The maximum atomic E-state index is 4.91. The van der Waals surface area contributed by atoms with Gasteiger partial charge < -0.3 is 4.98 Å². The number of aromatic nitrogens is 4. The third-order valence-electron chi connectivity index (χ3n) is 8.57. The minimum atomic E-state index is 0.278. The number of unbranched alkanes of at least 4 members (excludes halogenated alkanes) is 1. The smallest absolute Gasteiger partial charge is 0.0784 e. The number of hydrogen-bond acceptors (Lipinski definition) is 6. The van der Waals surface area contributed by atoms with Gasteiger partial charge in [0.15, 0.2) is 0 Å². The Kier molecular flexibility index (Phi) is 13.6. The van der Waals surface area contributed by atoms with Crippen LogP contribution in [0, 0.1) is 6.92 Å². The van der Waals surface area contributed by atoms with Crippen LogP contribution in [0.15, 0.2) is 90.5 Å². The van der Waals surface area contributed by atoms with Crippen LogP contribution in [-0.4, -0.2) is 56.1 Å². The van der Waals surface area contributed by atoms with Gasteiger partial charge in [-0.3, -0.25) is 29.7 Å². The first-order chi connectivity index (χ1) is 22.6. The highest BCUT2D eigenvalue weighted by Crippen LogP contribution is 2.35. The molecule has 4 aromatic rings. The molecule has 0 bridgehead atoms. The highest BCUT2D eigenvalue weighted by molar-refractivity contribution is 5.88. The minimum Gasteiger partial charge on any atom is -0.353 e. The normalized spacial score (nSPS) is 14.8. The predicted molar refractivity (Wildman–Crippen MR) is 194 cm³/mol. The van der Waals surface area contributed by atoms with Crippen molar-refractivity contribution in [2.45, 2.75) is 78.9 Å². The summed E-state index contributed by atoms with van der Waals surface area (Å²) in [5, 5.41) is 1.24. The fraction of sp³-hybridized carbons (Fsp3) is 0.385. The largest absolute Gasteiger partial charge is 0.353 e. The lowest BCUT2D eigenvalue weighted by molar-refractivity contribution is 0.157. The van der Waals surface area contributed by atoms with Crippen LogP contribution in [0.3, 0.4) is 0 Å². The second-order valence-electron chi connectivity index (χ2n) is 11.6. The number of H-pyrrole nitrogens is 1. The van der Waals surface area contributed by atoms with Gasteiger partial charge in [-0.1, -0.05) is 44.7 Å². The van der Waals surface area contributed by atoms with Crippen LogP contribution in [0.25, 0.3) is 17.0 Å². The Balaban J connectivity index is 0.00000235. The van der Waals surface area contributed by atoms with Crippen molar-refractivity contribution < 1.29 is 0 Å². The first kappa shape index (κ1) is 34.7. The van der Waals surface area contributed by atoms with Gasteiger partial charge in [0.2, 0.25) is 0 Å². The molecule has 1 aliphatic carbocycles. The zero-order chi connectivity index (χ0) is 32.7. The van der Waals surface area contributed by atoms with Crippen molar-refractivity contribution >= 4 is 23.7 Å². The molecule has 7 heteroatoms. The van der Waals surface area contributed by atoms with E-state index in [0.29, 0.717) is 6.54 Å². The Labute approximate surface area is 275 Å². The van der Waals surface area contributed by atoms with Gasteiger partial charge in [0, 0.05) is 49.3 Å². The van der Waals surface area contributed by atoms with Crippen LogP contribution in [0.5, 0.6) is 0 Å². The van der Waals surface area contributed by atoms with Crippen LogP contribution in [0.4, 0.5) is 0 Å². The Morgan fingerprint density at radius 2 is 1.85 bits per heavy atom. The van der Waals surface area contributed by atoms with Gasteiger partial charge in [0.05, 0.1) is 34.3 Å². The average molecular weight is 618 g/mol. The first-order valence-electron chi connectivity index (χ1n) is 16.8. The summed E-state index contributed by atoms with van der Waals surface area (Å²) in [7, 11) is 0. The van der Waals surface area contributed by atoms with E-state index in [4.69, 9.17) is 9.97 Å². The third kappa shape index (κ3) is 8.95. The van der Waals surface area contributed by atoms with Gasteiger partial charge >= 0.3 is 0 Å². The number of aliphatic imine (C=N–C) groups is 1. The molecule has 0 aromatic carbocycles. The Morgan fingerprint density at radius 1 is 1.02 bits per heavy atom. The molecule has 1 aliphatic rings. The summed E-state index contributed by atoms with van der Waals surface area (Å²) < 4.78 is 0. The van der Waals surface area contributed by atoms with Gasteiger partial charge in [0.1, 0.15) is 0 Å². The molecule has 0 saturated carbocycles. The van der Waals surface area contributed by atoms with Crippen molar-refractivity contribution in [2.75, 3.05) is 19.6 Å². The molecule has 0 fully saturated rings. The molecule has 7 nitrogen and oxygen atoms in total. The minimum absolute atomic E-state index is 0.278. The van der Waals surface area contributed by atoms with Crippen molar-refractivity contribution in [1.82, 2.24) is 29.7 Å². The number of pyridine rings is 3. The molecule has 1 atom stereocenters. The third-order valence-corrected chi connectivity index (χ3v) is 8.57. The molecule has 0 radical (unpaired) electrons. The summed E-state index contributed by atoms with van der Waals surface area (Å²) in [4.78, 5) is 27.3. The monoisotopic (exact) mass is 617 g/mol. The van der Waals surface area contributed by atoms with Crippen molar-refractivity contribution in [3.05, 3.63) is 119 Å².